The Balaban J connectivity index is 1.62. The molecule has 2 heterocycles. The van der Waals surface area contributed by atoms with Gasteiger partial charge in [0.25, 0.3) is 11.5 Å². The first-order valence-electron chi connectivity index (χ1n) is 11.9. The van der Waals surface area contributed by atoms with Gasteiger partial charge in [0.1, 0.15) is 11.6 Å². The number of ether oxygens (including phenoxy) is 1. The van der Waals surface area contributed by atoms with Crippen molar-refractivity contribution in [3.05, 3.63) is 64.2 Å². The second kappa shape index (κ2) is 10.8. The maximum absolute atomic E-state index is 15.1. The molecular weight excluding hydrogens is 522 g/mol. The summed E-state index contributed by atoms with van der Waals surface area (Å²) in [6.45, 7) is 4.14. The highest BCUT2D eigenvalue weighted by molar-refractivity contribution is 7.92. The number of benzene rings is 2. The van der Waals surface area contributed by atoms with E-state index >= 15 is 8.78 Å². The Labute approximate surface area is 217 Å². The van der Waals surface area contributed by atoms with Gasteiger partial charge in [-0.3, -0.25) is 24.3 Å². The Morgan fingerprint density at radius 1 is 1.16 bits per heavy atom. The van der Waals surface area contributed by atoms with E-state index in [4.69, 9.17) is 9.94 Å². The van der Waals surface area contributed by atoms with Crippen molar-refractivity contribution in [3.63, 3.8) is 0 Å². The van der Waals surface area contributed by atoms with E-state index < -0.39 is 37.7 Å². The van der Waals surface area contributed by atoms with Crippen molar-refractivity contribution in [2.24, 2.45) is 0 Å². The fourth-order valence-corrected chi connectivity index (χ4v) is 5.20. The lowest BCUT2D eigenvalue weighted by Gasteiger charge is -2.26. The molecule has 1 fully saturated rings. The lowest BCUT2D eigenvalue weighted by atomic mass is 10.0. The van der Waals surface area contributed by atoms with Gasteiger partial charge in [-0.25, -0.2) is 27.7 Å². The first kappa shape index (κ1) is 27.8. The number of hydrogen-bond acceptors (Lipinski definition) is 8. The summed E-state index contributed by atoms with van der Waals surface area (Å²) in [5, 5.41) is 8.87. The molecule has 0 unspecified atom stereocenters. The van der Waals surface area contributed by atoms with E-state index in [0.717, 1.165) is 48.8 Å². The summed E-state index contributed by atoms with van der Waals surface area (Å²) in [5.74, 6) is -2.57. The van der Waals surface area contributed by atoms with E-state index in [0.29, 0.717) is 19.8 Å². The molecule has 2 N–H and O–H groups in total. The number of nitrogens with one attached hydrogen (secondary N) is 1. The lowest BCUT2D eigenvalue weighted by molar-refractivity contribution is -0.131. The number of halogens is 2. The van der Waals surface area contributed by atoms with E-state index in [1.165, 1.54) is 23.7 Å². The topological polar surface area (TPSA) is 131 Å². The van der Waals surface area contributed by atoms with Crippen molar-refractivity contribution in [3.8, 4) is 11.1 Å². The molecule has 1 aromatic heterocycles. The average molecular weight is 551 g/mol. The van der Waals surface area contributed by atoms with Gasteiger partial charge in [-0.15, -0.1) is 0 Å². The minimum Gasteiger partial charge on any atom is -0.379 e. The molecule has 1 aliphatic rings. The highest BCUT2D eigenvalue weighted by atomic mass is 32.2. The number of carbonyl (C=O) groups is 1. The van der Waals surface area contributed by atoms with Gasteiger partial charge in [0.05, 0.1) is 30.4 Å². The Kier molecular flexibility index (Phi) is 7.93. The van der Waals surface area contributed by atoms with Crippen molar-refractivity contribution in [2.45, 2.75) is 31.2 Å². The van der Waals surface area contributed by atoms with E-state index in [2.05, 4.69) is 9.88 Å². The summed E-state index contributed by atoms with van der Waals surface area (Å²) in [4.78, 5) is 31.4. The number of rotatable bonds is 8. The van der Waals surface area contributed by atoms with Crippen LogP contribution in [0, 0.1) is 11.6 Å². The number of aromatic nitrogens is 2. The molecule has 3 aromatic rings. The molecule has 0 aliphatic carbocycles. The third kappa shape index (κ3) is 5.46. The molecule has 1 amide bonds. The second-order valence-electron chi connectivity index (χ2n) is 9.49. The van der Waals surface area contributed by atoms with Gasteiger partial charge in [0.2, 0.25) is 0 Å². The molecule has 13 heteroatoms. The number of amides is 1. The molecule has 204 valence electrons. The van der Waals surface area contributed by atoms with E-state index in [1.54, 1.807) is 6.07 Å². The molecular formula is C25H28F2N4O6S. The average Bonchev–Trinajstić information content (AvgIpc) is 2.88. The largest absolute Gasteiger partial charge is 0.379 e. The maximum atomic E-state index is 15.1. The zero-order chi connectivity index (χ0) is 27.7. The van der Waals surface area contributed by atoms with Gasteiger partial charge in [-0.05, 0) is 37.1 Å². The number of nitrogens with zero attached hydrogens (tertiary/aromatic N) is 3. The Hall–Kier alpha value is -3.26. The molecule has 1 saturated heterocycles. The molecule has 0 bridgehead atoms. The quantitative estimate of drug-likeness (QED) is 0.321. The number of morpholine rings is 1. The molecule has 2 aromatic carbocycles. The van der Waals surface area contributed by atoms with Crippen LogP contribution in [-0.2, 0) is 32.5 Å². The maximum Gasteiger partial charge on any atom is 0.264 e. The SMILES string of the molecule is C[C@](CCn1cnc2cc(-c3ccc(CN4CCOCC4)cc3F)c(F)cc2c1=O)(C(=O)NO)S(C)(=O)=O. The fraction of sp³-hybridized carbons (Fsp3) is 0.400. The number of carbonyl (C=O) groups excluding carboxylic acids is 1. The highest BCUT2D eigenvalue weighted by Gasteiger charge is 2.43. The monoisotopic (exact) mass is 550 g/mol. The standard InChI is InChI=1S/C25H28F2N4O6S/c1-25(24(33)29-34,38(2,35)36)5-6-31-15-28-22-13-18(21(27)12-19(22)23(31)32)17-4-3-16(11-20(17)26)14-30-7-9-37-10-8-30/h3-4,11-13,15,34H,5-10,14H2,1-2H3,(H,29,33)/t25-/m0/s1. The molecule has 38 heavy (non-hydrogen) atoms. The van der Waals surface area contributed by atoms with Crippen LogP contribution in [0.2, 0.25) is 0 Å². The van der Waals surface area contributed by atoms with Crippen LogP contribution in [0.25, 0.3) is 22.0 Å². The number of aryl methyl sites for hydroxylation is 1. The van der Waals surface area contributed by atoms with Crippen molar-refractivity contribution < 1.29 is 31.9 Å². The predicted octanol–water partition coefficient (Wildman–Crippen LogP) is 1.87. The second-order valence-corrected chi connectivity index (χ2v) is 11.9. The molecule has 0 spiro atoms. The van der Waals surface area contributed by atoms with Crippen molar-refractivity contribution in [1.82, 2.24) is 19.9 Å². The highest BCUT2D eigenvalue weighted by Crippen LogP contribution is 2.29. The van der Waals surface area contributed by atoms with E-state index in [9.17, 15) is 18.0 Å². The van der Waals surface area contributed by atoms with Crippen molar-refractivity contribution in [2.75, 3.05) is 32.6 Å². The number of sulfone groups is 1. The minimum absolute atomic E-state index is 0.0278. The van der Waals surface area contributed by atoms with Gasteiger partial charge in [-0.1, -0.05) is 12.1 Å². The Morgan fingerprint density at radius 2 is 1.84 bits per heavy atom. The summed E-state index contributed by atoms with van der Waals surface area (Å²) in [7, 11) is -3.97. The zero-order valence-corrected chi connectivity index (χ0v) is 21.7. The summed E-state index contributed by atoms with van der Waals surface area (Å²) < 4.78 is 58.9. The van der Waals surface area contributed by atoms with Crippen molar-refractivity contribution >= 4 is 26.6 Å². The zero-order valence-electron chi connectivity index (χ0n) is 20.9. The van der Waals surface area contributed by atoms with Crippen LogP contribution in [0.4, 0.5) is 8.78 Å². The van der Waals surface area contributed by atoms with Crippen LogP contribution in [0.15, 0.2) is 41.5 Å². The third-order valence-electron chi connectivity index (χ3n) is 6.98. The number of hydroxylamine groups is 1. The summed E-state index contributed by atoms with van der Waals surface area (Å²) in [5.41, 5.74) is 1.52. The van der Waals surface area contributed by atoms with E-state index in [1.807, 2.05) is 0 Å². The van der Waals surface area contributed by atoms with Crippen LogP contribution in [0.3, 0.4) is 0 Å². The molecule has 4 rings (SSSR count). The Morgan fingerprint density at radius 3 is 2.47 bits per heavy atom. The van der Waals surface area contributed by atoms with Gasteiger partial charge in [-0.2, -0.15) is 0 Å². The molecule has 0 radical (unpaired) electrons. The van der Waals surface area contributed by atoms with Crippen LogP contribution < -0.4 is 11.0 Å². The molecule has 0 saturated carbocycles. The first-order valence-corrected chi connectivity index (χ1v) is 13.8. The van der Waals surface area contributed by atoms with E-state index in [-0.39, 0.29) is 35.0 Å². The normalized spacial score (nSPS) is 16.3. The van der Waals surface area contributed by atoms with Gasteiger partial charge in [0, 0.05) is 43.6 Å². The third-order valence-corrected chi connectivity index (χ3v) is 9.00. The van der Waals surface area contributed by atoms with Gasteiger partial charge < -0.3 is 4.74 Å². The molecule has 1 aliphatic heterocycles. The predicted molar refractivity (Wildman–Crippen MR) is 135 cm³/mol. The fourth-order valence-electron chi connectivity index (χ4n) is 4.36. The van der Waals surface area contributed by atoms with Gasteiger partial charge >= 0.3 is 0 Å². The summed E-state index contributed by atoms with van der Waals surface area (Å²) in [6.07, 6.45) is 1.64. The van der Waals surface area contributed by atoms with Gasteiger partial charge in [0.15, 0.2) is 14.6 Å². The van der Waals surface area contributed by atoms with Crippen LogP contribution in [-0.4, -0.2) is 71.3 Å². The smallest absolute Gasteiger partial charge is 0.264 e. The molecule has 1 atom stereocenters. The van der Waals surface area contributed by atoms with Crippen LogP contribution in [0.5, 0.6) is 0 Å². The first-order chi connectivity index (χ1) is 17.9. The lowest BCUT2D eigenvalue weighted by Crippen LogP contribution is -2.50. The minimum atomic E-state index is -3.97. The van der Waals surface area contributed by atoms with Crippen LogP contribution >= 0.6 is 0 Å². The van der Waals surface area contributed by atoms with Crippen LogP contribution in [0.1, 0.15) is 18.9 Å². The summed E-state index contributed by atoms with van der Waals surface area (Å²) in [6, 6.07) is 6.84. The van der Waals surface area contributed by atoms with Crippen molar-refractivity contribution in [1.29, 1.82) is 0 Å². The molecule has 10 nitrogen and oxygen atoms in total. The Bertz CT molecular complexity index is 1540. The number of hydrogen-bond donors (Lipinski definition) is 2. The number of fused-ring (bicyclic) bond motifs is 1. The summed E-state index contributed by atoms with van der Waals surface area (Å²) >= 11 is 0.